The van der Waals surface area contributed by atoms with Crippen molar-refractivity contribution in [2.45, 2.75) is 34.1 Å². The fourth-order valence-electron chi connectivity index (χ4n) is 1.32. The van der Waals surface area contributed by atoms with Gasteiger partial charge in [0.15, 0.2) is 0 Å². The van der Waals surface area contributed by atoms with Gasteiger partial charge in [0.1, 0.15) is 0 Å². The van der Waals surface area contributed by atoms with Gasteiger partial charge < -0.3 is 14.6 Å². The van der Waals surface area contributed by atoms with E-state index in [-0.39, 0.29) is 30.6 Å². The molecule has 1 N–H and O–H groups in total. The number of esters is 2. The molecule has 0 radical (unpaired) electrons. The molecule has 0 fully saturated rings. The Balaban J connectivity index is 4.60. The zero-order chi connectivity index (χ0) is 16.6. The second-order valence-electron chi connectivity index (χ2n) is 5.69. The maximum Gasteiger partial charge on any atom is 0.334 e. The lowest BCUT2D eigenvalue weighted by Gasteiger charge is -2.15. The Kier molecular flexibility index (Phi) is 8.35. The second kappa shape index (κ2) is 9.15. The summed E-state index contributed by atoms with van der Waals surface area (Å²) in [4.78, 5) is 34.5. The maximum absolute atomic E-state index is 11.7. The summed E-state index contributed by atoms with van der Waals surface area (Å²) >= 11 is 0. The first-order valence-corrected chi connectivity index (χ1v) is 6.89. The summed E-state index contributed by atoms with van der Waals surface area (Å²) in [6.45, 7) is 11.3. The van der Waals surface area contributed by atoms with Gasteiger partial charge in [0, 0.05) is 5.57 Å². The third-order valence-electron chi connectivity index (χ3n) is 2.48. The van der Waals surface area contributed by atoms with Gasteiger partial charge in [-0.3, -0.25) is 9.59 Å². The normalized spacial score (nSPS) is 12.1. The highest BCUT2D eigenvalue weighted by molar-refractivity contribution is 5.96. The largest absolute Gasteiger partial charge is 0.481 e. The first-order chi connectivity index (χ1) is 9.65. The SMILES string of the molecule is C=C(C(=O)OCC(C)C)C(CC(=O)OCC(C)C)C(=O)O. The van der Waals surface area contributed by atoms with Crippen LogP contribution in [0.4, 0.5) is 0 Å². The van der Waals surface area contributed by atoms with E-state index >= 15 is 0 Å². The van der Waals surface area contributed by atoms with Crippen molar-refractivity contribution >= 4 is 17.9 Å². The predicted molar refractivity (Wildman–Crippen MR) is 76.5 cm³/mol. The molecule has 0 aromatic rings. The van der Waals surface area contributed by atoms with Gasteiger partial charge in [-0.1, -0.05) is 34.3 Å². The van der Waals surface area contributed by atoms with Gasteiger partial charge in [0.2, 0.25) is 0 Å². The van der Waals surface area contributed by atoms with Crippen molar-refractivity contribution in [1.29, 1.82) is 0 Å². The number of hydrogen-bond donors (Lipinski definition) is 1. The van der Waals surface area contributed by atoms with E-state index in [1.807, 2.05) is 27.7 Å². The molecule has 0 rings (SSSR count). The van der Waals surface area contributed by atoms with Crippen molar-refractivity contribution in [3.63, 3.8) is 0 Å². The molecule has 0 amide bonds. The van der Waals surface area contributed by atoms with Gasteiger partial charge in [-0.15, -0.1) is 0 Å². The van der Waals surface area contributed by atoms with Crippen molar-refractivity contribution in [3.8, 4) is 0 Å². The number of carbonyl (C=O) groups is 3. The number of carboxylic acid groups (broad SMARTS) is 1. The van der Waals surface area contributed by atoms with Crippen LogP contribution in [0.1, 0.15) is 34.1 Å². The fraction of sp³-hybridized carbons (Fsp3) is 0.667. The number of carboxylic acids is 1. The highest BCUT2D eigenvalue weighted by atomic mass is 16.5. The average molecular weight is 300 g/mol. The van der Waals surface area contributed by atoms with Crippen LogP contribution in [0.2, 0.25) is 0 Å². The molecule has 6 heteroatoms. The number of hydrogen-bond acceptors (Lipinski definition) is 5. The quantitative estimate of drug-likeness (QED) is 0.517. The van der Waals surface area contributed by atoms with Crippen LogP contribution in [0.5, 0.6) is 0 Å². The Bertz CT molecular complexity index is 397. The van der Waals surface area contributed by atoms with Crippen molar-refractivity contribution in [3.05, 3.63) is 12.2 Å². The Morgan fingerprint density at radius 2 is 1.48 bits per heavy atom. The molecule has 0 aliphatic heterocycles. The fourth-order valence-corrected chi connectivity index (χ4v) is 1.32. The summed E-state index contributed by atoms with van der Waals surface area (Å²) in [5.74, 6) is -3.83. The zero-order valence-electron chi connectivity index (χ0n) is 13.0. The number of rotatable bonds is 9. The molecule has 0 saturated carbocycles. The summed E-state index contributed by atoms with van der Waals surface area (Å²) < 4.78 is 9.84. The number of aliphatic carboxylic acids is 1. The smallest absolute Gasteiger partial charge is 0.334 e. The lowest BCUT2D eigenvalue weighted by molar-refractivity contribution is -0.152. The minimum atomic E-state index is -1.33. The van der Waals surface area contributed by atoms with E-state index in [4.69, 9.17) is 14.6 Å². The van der Waals surface area contributed by atoms with Crippen LogP contribution in [0.15, 0.2) is 12.2 Å². The van der Waals surface area contributed by atoms with Gasteiger partial charge in [-0.25, -0.2) is 4.79 Å². The molecular formula is C15H24O6. The number of carbonyl (C=O) groups excluding carboxylic acids is 2. The molecular weight excluding hydrogens is 276 g/mol. The van der Waals surface area contributed by atoms with E-state index in [0.29, 0.717) is 0 Å². The molecule has 6 nitrogen and oxygen atoms in total. The molecule has 0 bridgehead atoms. The van der Waals surface area contributed by atoms with Crippen LogP contribution in [-0.4, -0.2) is 36.2 Å². The van der Waals surface area contributed by atoms with Crippen LogP contribution in [0.25, 0.3) is 0 Å². The van der Waals surface area contributed by atoms with Crippen molar-refractivity contribution in [2.24, 2.45) is 17.8 Å². The molecule has 0 aromatic heterocycles. The zero-order valence-corrected chi connectivity index (χ0v) is 13.0. The first kappa shape index (κ1) is 19.1. The van der Waals surface area contributed by atoms with Crippen LogP contribution in [0, 0.1) is 17.8 Å². The van der Waals surface area contributed by atoms with Crippen LogP contribution in [0.3, 0.4) is 0 Å². The van der Waals surface area contributed by atoms with Gasteiger partial charge in [-0.2, -0.15) is 0 Å². The van der Waals surface area contributed by atoms with Crippen LogP contribution >= 0.6 is 0 Å². The monoisotopic (exact) mass is 300 g/mol. The van der Waals surface area contributed by atoms with E-state index in [1.54, 1.807) is 0 Å². The van der Waals surface area contributed by atoms with Gasteiger partial charge in [0.05, 0.1) is 25.6 Å². The summed E-state index contributed by atoms with van der Waals surface area (Å²) in [6, 6.07) is 0. The average Bonchev–Trinajstić information content (AvgIpc) is 2.38. The molecule has 120 valence electrons. The maximum atomic E-state index is 11.7. The van der Waals surface area contributed by atoms with E-state index in [1.165, 1.54) is 0 Å². The second-order valence-corrected chi connectivity index (χ2v) is 5.69. The molecule has 0 aliphatic carbocycles. The highest BCUT2D eigenvalue weighted by Crippen LogP contribution is 2.17. The standard InChI is InChI=1S/C15H24O6/c1-9(2)7-20-13(16)6-12(14(17)18)11(5)15(19)21-8-10(3)4/h9-10,12H,5-8H2,1-4H3,(H,17,18). The minimum Gasteiger partial charge on any atom is -0.481 e. The third kappa shape index (κ3) is 8.12. The summed E-state index contributed by atoms with van der Waals surface area (Å²) in [5, 5.41) is 9.12. The van der Waals surface area contributed by atoms with Gasteiger partial charge >= 0.3 is 17.9 Å². The molecule has 1 unspecified atom stereocenters. The van der Waals surface area contributed by atoms with E-state index in [0.717, 1.165) is 0 Å². The van der Waals surface area contributed by atoms with E-state index in [9.17, 15) is 14.4 Å². The van der Waals surface area contributed by atoms with Gasteiger partial charge in [0.25, 0.3) is 0 Å². The summed E-state index contributed by atoms with van der Waals surface area (Å²) in [6.07, 6.45) is -0.433. The molecule has 0 aromatic carbocycles. The topological polar surface area (TPSA) is 89.9 Å². The highest BCUT2D eigenvalue weighted by Gasteiger charge is 2.30. The van der Waals surface area contributed by atoms with Gasteiger partial charge in [-0.05, 0) is 11.8 Å². The molecule has 0 heterocycles. The van der Waals surface area contributed by atoms with Crippen LogP contribution < -0.4 is 0 Å². The van der Waals surface area contributed by atoms with Crippen molar-refractivity contribution < 1.29 is 29.0 Å². The summed E-state index contributed by atoms with van der Waals surface area (Å²) in [7, 11) is 0. The molecule has 0 spiro atoms. The third-order valence-corrected chi connectivity index (χ3v) is 2.48. The molecule has 0 saturated heterocycles. The van der Waals surface area contributed by atoms with Crippen molar-refractivity contribution in [2.75, 3.05) is 13.2 Å². The Labute approximate surface area is 125 Å². The minimum absolute atomic E-state index is 0.126. The predicted octanol–water partition coefficient (Wildman–Crippen LogP) is 2.03. The van der Waals surface area contributed by atoms with E-state index < -0.39 is 30.2 Å². The number of ether oxygens (including phenoxy) is 2. The molecule has 1 atom stereocenters. The summed E-state index contributed by atoms with van der Waals surface area (Å²) in [5.41, 5.74) is -0.246. The Hall–Kier alpha value is -1.85. The molecule has 0 aliphatic rings. The Morgan fingerprint density at radius 1 is 1.00 bits per heavy atom. The lowest BCUT2D eigenvalue weighted by Crippen LogP contribution is -2.26. The van der Waals surface area contributed by atoms with Crippen LogP contribution in [-0.2, 0) is 23.9 Å². The first-order valence-electron chi connectivity index (χ1n) is 6.89. The van der Waals surface area contributed by atoms with Crippen molar-refractivity contribution in [1.82, 2.24) is 0 Å². The Morgan fingerprint density at radius 3 is 1.90 bits per heavy atom. The lowest BCUT2D eigenvalue weighted by atomic mass is 9.97. The molecule has 21 heavy (non-hydrogen) atoms. The van der Waals surface area contributed by atoms with E-state index in [2.05, 4.69) is 6.58 Å².